The highest BCUT2D eigenvalue weighted by atomic mass is 16.6. The smallest absolute Gasteiger partial charge is 0.292 e. The molecule has 0 amide bonds. The first kappa shape index (κ1) is 15.8. The molecule has 5 nitrogen and oxygen atoms in total. The number of nitro benzene ring substituents is 1. The van der Waals surface area contributed by atoms with Crippen LogP contribution in [0.15, 0.2) is 18.2 Å². The van der Waals surface area contributed by atoms with Crippen molar-refractivity contribution in [3.63, 3.8) is 0 Å². The molecule has 5 heteroatoms. The summed E-state index contributed by atoms with van der Waals surface area (Å²) in [7, 11) is 0. The maximum atomic E-state index is 11.1. The first-order valence-electron chi connectivity index (χ1n) is 7.77. The number of nitrogens with one attached hydrogen (secondary N) is 1. The van der Waals surface area contributed by atoms with Gasteiger partial charge in [-0.15, -0.1) is 0 Å². The lowest BCUT2D eigenvalue weighted by molar-refractivity contribution is -0.384. The van der Waals surface area contributed by atoms with Gasteiger partial charge in [0.05, 0.1) is 4.92 Å². The summed E-state index contributed by atoms with van der Waals surface area (Å²) in [5.41, 5.74) is 1.70. The fourth-order valence-electron chi connectivity index (χ4n) is 2.87. The second kappa shape index (κ2) is 7.41. The number of aryl methyl sites for hydroxylation is 1. The molecule has 21 heavy (non-hydrogen) atoms. The lowest BCUT2D eigenvalue weighted by atomic mass is 10.1. The fraction of sp³-hybridized carbons (Fsp3) is 0.625. The van der Waals surface area contributed by atoms with Crippen molar-refractivity contribution in [3.8, 4) is 0 Å². The van der Waals surface area contributed by atoms with Crippen molar-refractivity contribution in [2.24, 2.45) is 5.92 Å². The Kier molecular flexibility index (Phi) is 5.56. The molecule has 1 heterocycles. The molecule has 1 aromatic rings. The molecule has 0 spiro atoms. The van der Waals surface area contributed by atoms with Crippen LogP contribution in [0.2, 0.25) is 0 Å². The molecular weight excluding hydrogens is 266 g/mol. The zero-order valence-corrected chi connectivity index (χ0v) is 13.0. The van der Waals surface area contributed by atoms with Gasteiger partial charge in [0.15, 0.2) is 0 Å². The third kappa shape index (κ3) is 4.70. The highest BCUT2D eigenvalue weighted by Gasteiger charge is 2.16. The number of anilines is 1. The van der Waals surface area contributed by atoms with Crippen molar-refractivity contribution in [1.82, 2.24) is 4.90 Å². The highest BCUT2D eigenvalue weighted by molar-refractivity contribution is 5.62. The molecule has 1 saturated heterocycles. The minimum Gasteiger partial charge on any atom is -0.379 e. The van der Waals surface area contributed by atoms with Crippen LogP contribution >= 0.6 is 0 Å². The van der Waals surface area contributed by atoms with Gasteiger partial charge >= 0.3 is 0 Å². The third-order valence-corrected chi connectivity index (χ3v) is 4.01. The first-order chi connectivity index (χ1) is 10.1. The van der Waals surface area contributed by atoms with Gasteiger partial charge in [0.2, 0.25) is 0 Å². The summed E-state index contributed by atoms with van der Waals surface area (Å²) in [6.07, 6.45) is 3.94. The molecule has 1 N–H and O–H groups in total. The summed E-state index contributed by atoms with van der Waals surface area (Å²) in [6, 6.07) is 5.34. The van der Waals surface area contributed by atoms with E-state index < -0.39 is 0 Å². The second-order valence-corrected chi connectivity index (χ2v) is 6.13. The number of benzene rings is 1. The van der Waals surface area contributed by atoms with Crippen LogP contribution in [0.4, 0.5) is 11.4 Å². The predicted octanol–water partition coefficient (Wildman–Crippen LogP) is 3.44. The number of likely N-dealkylation sites (tertiary alicyclic amines) is 1. The van der Waals surface area contributed by atoms with E-state index >= 15 is 0 Å². The maximum Gasteiger partial charge on any atom is 0.292 e. The first-order valence-corrected chi connectivity index (χ1v) is 7.77. The fourth-order valence-corrected chi connectivity index (χ4v) is 2.87. The monoisotopic (exact) mass is 291 g/mol. The Morgan fingerprint density at radius 1 is 1.33 bits per heavy atom. The number of nitro groups is 1. The topological polar surface area (TPSA) is 58.4 Å². The molecule has 1 aromatic carbocycles. The van der Waals surface area contributed by atoms with E-state index in [2.05, 4.69) is 17.1 Å². The largest absolute Gasteiger partial charge is 0.379 e. The Hall–Kier alpha value is -1.62. The van der Waals surface area contributed by atoms with E-state index in [9.17, 15) is 10.1 Å². The Bertz CT molecular complexity index is 484. The molecule has 1 atom stereocenters. The van der Waals surface area contributed by atoms with Gasteiger partial charge in [-0.3, -0.25) is 10.1 Å². The minimum absolute atomic E-state index is 0.167. The molecule has 2 rings (SSSR count). The molecule has 116 valence electrons. The lowest BCUT2D eigenvalue weighted by Gasteiger charge is -2.29. The Balaban J connectivity index is 1.88. The average Bonchev–Trinajstić information content (AvgIpc) is 2.47. The molecule has 0 aromatic heterocycles. The van der Waals surface area contributed by atoms with Crippen LogP contribution in [0.25, 0.3) is 0 Å². The number of nitrogens with zero attached hydrogens (tertiary/aromatic N) is 2. The van der Waals surface area contributed by atoms with E-state index in [1.807, 2.05) is 13.0 Å². The number of hydrogen-bond acceptors (Lipinski definition) is 4. The summed E-state index contributed by atoms with van der Waals surface area (Å²) in [5, 5.41) is 14.3. The van der Waals surface area contributed by atoms with Gasteiger partial charge in [-0.25, -0.2) is 0 Å². The van der Waals surface area contributed by atoms with Crippen LogP contribution in [0, 0.1) is 23.0 Å². The van der Waals surface area contributed by atoms with Crippen LogP contribution in [-0.2, 0) is 0 Å². The molecule has 0 aliphatic carbocycles. The highest BCUT2D eigenvalue weighted by Crippen LogP contribution is 2.25. The molecule has 1 aliphatic heterocycles. The van der Waals surface area contributed by atoms with E-state index in [-0.39, 0.29) is 10.6 Å². The van der Waals surface area contributed by atoms with Crippen molar-refractivity contribution < 1.29 is 4.92 Å². The minimum atomic E-state index is -0.315. The third-order valence-electron chi connectivity index (χ3n) is 4.01. The molecule has 1 unspecified atom stereocenters. The zero-order valence-electron chi connectivity index (χ0n) is 13.0. The molecular formula is C16H25N3O2. The maximum absolute atomic E-state index is 11.1. The van der Waals surface area contributed by atoms with Crippen molar-refractivity contribution in [2.45, 2.75) is 33.1 Å². The van der Waals surface area contributed by atoms with Gasteiger partial charge in [0, 0.05) is 19.2 Å². The van der Waals surface area contributed by atoms with Gasteiger partial charge < -0.3 is 10.2 Å². The molecule has 0 radical (unpaired) electrons. The SMILES string of the molecule is Cc1ccc(NCC(C)CN2CCCCC2)c([N+](=O)[O-])c1. The zero-order chi connectivity index (χ0) is 15.2. The Morgan fingerprint density at radius 3 is 2.71 bits per heavy atom. The standard InChI is InChI=1S/C16H25N3O2/c1-13-6-7-15(16(10-13)19(20)21)17-11-14(2)12-18-8-4-3-5-9-18/h6-7,10,14,17H,3-5,8-9,11-12H2,1-2H3. The van der Waals surface area contributed by atoms with Gasteiger partial charge in [-0.1, -0.05) is 19.4 Å². The lowest BCUT2D eigenvalue weighted by Crippen LogP contribution is -2.35. The molecule has 1 fully saturated rings. The predicted molar refractivity (Wildman–Crippen MR) is 85.8 cm³/mol. The molecule has 0 bridgehead atoms. The summed E-state index contributed by atoms with van der Waals surface area (Å²) >= 11 is 0. The van der Waals surface area contributed by atoms with Crippen LogP contribution in [-0.4, -0.2) is 36.0 Å². The van der Waals surface area contributed by atoms with E-state index in [0.717, 1.165) is 18.7 Å². The van der Waals surface area contributed by atoms with E-state index in [0.29, 0.717) is 11.6 Å². The quantitative estimate of drug-likeness (QED) is 0.644. The van der Waals surface area contributed by atoms with Gasteiger partial charge in [0.25, 0.3) is 5.69 Å². The summed E-state index contributed by atoms with van der Waals surface area (Å²) in [6.45, 7) is 8.27. The van der Waals surface area contributed by atoms with Crippen molar-refractivity contribution in [3.05, 3.63) is 33.9 Å². The van der Waals surface area contributed by atoms with Crippen molar-refractivity contribution in [1.29, 1.82) is 0 Å². The molecule has 1 aliphatic rings. The van der Waals surface area contributed by atoms with E-state index in [4.69, 9.17) is 0 Å². The van der Waals surface area contributed by atoms with E-state index in [1.165, 1.54) is 32.4 Å². The van der Waals surface area contributed by atoms with Crippen LogP contribution in [0.5, 0.6) is 0 Å². The van der Waals surface area contributed by atoms with Gasteiger partial charge in [-0.2, -0.15) is 0 Å². The number of hydrogen-bond donors (Lipinski definition) is 1. The van der Waals surface area contributed by atoms with Crippen LogP contribution in [0.3, 0.4) is 0 Å². The normalized spacial score (nSPS) is 17.4. The second-order valence-electron chi connectivity index (χ2n) is 6.13. The number of rotatable bonds is 6. The van der Waals surface area contributed by atoms with Crippen LogP contribution < -0.4 is 5.32 Å². The van der Waals surface area contributed by atoms with Crippen molar-refractivity contribution in [2.75, 3.05) is 31.5 Å². The van der Waals surface area contributed by atoms with Gasteiger partial charge in [0.1, 0.15) is 5.69 Å². The average molecular weight is 291 g/mol. The van der Waals surface area contributed by atoms with E-state index in [1.54, 1.807) is 12.1 Å². The summed E-state index contributed by atoms with van der Waals surface area (Å²) < 4.78 is 0. The summed E-state index contributed by atoms with van der Waals surface area (Å²) in [4.78, 5) is 13.3. The van der Waals surface area contributed by atoms with Gasteiger partial charge in [-0.05, 0) is 50.4 Å². The number of piperidine rings is 1. The molecule has 0 saturated carbocycles. The summed E-state index contributed by atoms with van der Waals surface area (Å²) in [5.74, 6) is 0.476. The van der Waals surface area contributed by atoms with Crippen molar-refractivity contribution >= 4 is 11.4 Å². The Labute approximate surface area is 126 Å². The van der Waals surface area contributed by atoms with Crippen LogP contribution in [0.1, 0.15) is 31.7 Å². The Morgan fingerprint density at radius 2 is 2.05 bits per heavy atom.